The van der Waals surface area contributed by atoms with E-state index in [-0.39, 0.29) is 17.6 Å². The van der Waals surface area contributed by atoms with Gasteiger partial charge in [-0.1, -0.05) is 23.7 Å². The Morgan fingerprint density at radius 2 is 1.85 bits per heavy atom. The number of aliphatic hydroxyl groups excluding tert-OH is 1. The molecule has 6 nitrogen and oxygen atoms in total. The highest BCUT2D eigenvalue weighted by molar-refractivity contribution is 6.33. The first-order chi connectivity index (χ1) is 16.0. The third-order valence-electron chi connectivity index (χ3n) is 7.77. The van der Waals surface area contributed by atoms with Crippen molar-refractivity contribution in [1.29, 1.82) is 0 Å². The number of halogens is 1. The van der Waals surface area contributed by atoms with Gasteiger partial charge in [-0.05, 0) is 68.7 Å². The number of carbonyl (C=O) groups excluding carboxylic acids is 1. The van der Waals surface area contributed by atoms with Crippen molar-refractivity contribution in [2.45, 2.75) is 57.1 Å². The van der Waals surface area contributed by atoms with Crippen LogP contribution in [0.25, 0.3) is 11.1 Å². The second-order valence-corrected chi connectivity index (χ2v) is 10.2. The Bertz CT molecular complexity index is 1010. The molecular weight excluding hydrogens is 438 g/mol. The zero-order valence-electron chi connectivity index (χ0n) is 19.2. The molecule has 1 spiro atoms. The molecule has 176 valence electrons. The smallest absolute Gasteiger partial charge is 0.230 e. The first-order valence-corrected chi connectivity index (χ1v) is 12.4. The Morgan fingerprint density at radius 1 is 1.09 bits per heavy atom. The van der Waals surface area contributed by atoms with Gasteiger partial charge in [0, 0.05) is 37.4 Å². The molecule has 3 fully saturated rings. The summed E-state index contributed by atoms with van der Waals surface area (Å²) in [5, 5.41) is 10.5. The molecule has 0 bridgehead atoms. The lowest BCUT2D eigenvalue weighted by atomic mass is 9.78. The number of piperidine rings is 1. The normalized spacial score (nSPS) is 27.9. The standard InChI is InChI=1S/C26H32ClN3O3/c1-33-22-9-3-18(4-10-22)19-15-23(27)24(28-16-19)29-13-2-11-26(17-29)12-14-30(25(26)32)20-5-7-21(31)8-6-20/h3-4,9-10,15-16,20-21,31H,2,5-8,11-14,17H2,1H3/t20-,21+,26?. The van der Waals surface area contributed by atoms with Crippen LogP contribution in [0.15, 0.2) is 36.5 Å². The van der Waals surface area contributed by atoms with E-state index in [1.165, 1.54) is 0 Å². The van der Waals surface area contributed by atoms with E-state index in [9.17, 15) is 9.90 Å². The highest BCUT2D eigenvalue weighted by Gasteiger charge is 2.51. The lowest BCUT2D eigenvalue weighted by molar-refractivity contribution is -0.139. The van der Waals surface area contributed by atoms with Crippen LogP contribution in [0, 0.1) is 5.41 Å². The van der Waals surface area contributed by atoms with Crippen molar-refractivity contribution in [2.24, 2.45) is 5.41 Å². The molecule has 0 radical (unpaired) electrons. The van der Waals surface area contributed by atoms with Crippen LogP contribution < -0.4 is 9.64 Å². The van der Waals surface area contributed by atoms with Crippen LogP contribution in [-0.2, 0) is 4.79 Å². The number of ether oxygens (including phenoxy) is 1. The molecule has 1 atom stereocenters. The molecular formula is C26H32ClN3O3. The largest absolute Gasteiger partial charge is 0.497 e. The van der Waals surface area contributed by atoms with Crippen LogP contribution in [0.3, 0.4) is 0 Å². The van der Waals surface area contributed by atoms with Crippen LogP contribution in [-0.4, -0.2) is 59.8 Å². The molecule has 3 aliphatic rings. The molecule has 1 aromatic carbocycles. The Labute approximate surface area is 200 Å². The Balaban J connectivity index is 1.32. The molecule has 3 heterocycles. The first-order valence-electron chi connectivity index (χ1n) is 12.0. The van der Waals surface area contributed by atoms with Gasteiger partial charge in [0.15, 0.2) is 0 Å². The maximum atomic E-state index is 13.6. The zero-order chi connectivity index (χ0) is 23.0. The van der Waals surface area contributed by atoms with Crippen LogP contribution in [0.4, 0.5) is 5.82 Å². The third-order valence-corrected chi connectivity index (χ3v) is 8.05. The van der Waals surface area contributed by atoms with E-state index in [1.54, 1.807) is 7.11 Å². The lowest BCUT2D eigenvalue weighted by Crippen LogP contribution is -2.50. The molecule has 33 heavy (non-hydrogen) atoms. The average molecular weight is 470 g/mol. The van der Waals surface area contributed by atoms with E-state index in [0.717, 1.165) is 80.7 Å². The number of methoxy groups -OCH3 is 1. The molecule has 2 aromatic rings. The number of likely N-dealkylation sites (tertiary alicyclic amines) is 1. The van der Waals surface area contributed by atoms with Crippen molar-refractivity contribution in [3.8, 4) is 16.9 Å². The Hall–Kier alpha value is -2.31. The summed E-state index contributed by atoms with van der Waals surface area (Å²) in [6.45, 7) is 2.36. The quantitative estimate of drug-likeness (QED) is 0.712. The summed E-state index contributed by atoms with van der Waals surface area (Å²) in [6, 6.07) is 10.1. The molecule has 1 N–H and O–H groups in total. The second-order valence-electron chi connectivity index (χ2n) is 9.77. The molecule has 1 amide bonds. The maximum absolute atomic E-state index is 13.6. The highest BCUT2D eigenvalue weighted by atomic mass is 35.5. The molecule has 7 heteroatoms. The summed E-state index contributed by atoms with van der Waals surface area (Å²) < 4.78 is 5.24. The Kier molecular flexibility index (Phi) is 6.23. The number of carbonyl (C=O) groups is 1. The van der Waals surface area contributed by atoms with Gasteiger partial charge >= 0.3 is 0 Å². The number of aromatic nitrogens is 1. The number of nitrogens with zero attached hydrogens (tertiary/aromatic N) is 3. The molecule has 1 aliphatic carbocycles. The molecule has 1 aromatic heterocycles. The number of rotatable bonds is 4. The van der Waals surface area contributed by atoms with E-state index >= 15 is 0 Å². The monoisotopic (exact) mass is 469 g/mol. The van der Waals surface area contributed by atoms with Crippen molar-refractivity contribution >= 4 is 23.3 Å². The van der Waals surface area contributed by atoms with Gasteiger partial charge in [-0.15, -0.1) is 0 Å². The zero-order valence-corrected chi connectivity index (χ0v) is 19.9. The topological polar surface area (TPSA) is 65.9 Å². The molecule has 1 unspecified atom stereocenters. The van der Waals surface area contributed by atoms with Gasteiger partial charge in [0.1, 0.15) is 11.6 Å². The summed E-state index contributed by atoms with van der Waals surface area (Å²) in [4.78, 5) is 22.6. The van der Waals surface area contributed by atoms with Crippen molar-refractivity contribution in [2.75, 3.05) is 31.6 Å². The minimum Gasteiger partial charge on any atom is -0.497 e. The number of hydrogen-bond donors (Lipinski definition) is 1. The van der Waals surface area contributed by atoms with Gasteiger partial charge in [-0.2, -0.15) is 0 Å². The summed E-state index contributed by atoms with van der Waals surface area (Å²) in [5.41, 5.74) is 1.65. The van der Waals surface area contributed by atoms with Gasteiger partial charge in [-0.25, -0.2) is 4.98 Å². The fourth-order valence-electron chi connectivity index (χ4n) is 5.86. The van der Waals surface area contributed by atoms with E-state index in [2.05, 4.69) is 9.80 Å². The average Bonchev–Trinajstić information content (AvgIpc) is 3.14. The van der Waals surface area contributed by atoms with Gasteiger partial charge in [-0.3, -0.25) is 4.79 Å². The van der Waals surface area contributed by atoms with Crippen LogP contribution in [0.1, 0.15) is 44.9 Å². The van der Waals surface area contributed by atoms with Crippen molar-refractivity contribution in [3.63, 3.8) is 0 Å². The van der Waals surface area contributed by atoms with Crippen molar-refractivity contribution in [1.82, 2.24) is 9.88 Å². The number of amides is 1. The molecule has 2 aliphatic heterocycles. The number of pyridine rings is 1. The predicted molar refractivity (Wildman–Crippen MR) is 130 cm³/mol. The number of benzene rings is 1. The van der Waals surface area contributed by atoms with Crippen molar-refractivity contribution < 1.29 is 14.6 Å². The van der Waals surface area contributed by atoms with Gasteiger partial charge in [0.25, 0.3) is 0 Å². The fourth-order valence-corrected chi connectivity index (χ4v) is 6.15. The minimum atomic E-state index is -0.339. The molecule has 1 saturated carbocycles. The van der Waals surface area contributed by atoms with Crippen LogP contribution in [0.5, 0.6) is 5.75 Å². The fraction of sp³-hybridized carbons (Fsp3) is 0.538. The number of aliphatic hydroxyl groups is 1. The van der Waals surface area contributed by atoms with Gasteiger partial charge in [0.05, 0.1) is 23.7 Å². The predicted octanol–water partition coefficient (Wildman–Crippen LogP) is 4.53. The van der Waals surface area contributed by atoms with E-state index in [1.807, 2.05) is 36.5 Å². The Morgan fingerprint density at radius 3 is 2.55 bits per heavy atom. The SMILES string of the molecule is COc1ccc(-c2cnc(N3CCCC4(CCN([C@H]5CC[C@@H](O)CC5)C4=O)C3)c(Cl)c2)cc1. The number of anilines is 1. The summed E-state index contributed by atoms with van der Waals surface area (Å²) in [5.74, 6) is 1.87. The minimum absolute atomic E-state index is 0.202. The van der Waals surface area contributed by atoms with E-state index in [0.29, 0.717) is 17.5 Å². The number of hydrogen-bond acceptors (Lipinski definition) is 5. The van der Waals surface area contributed by atoms with Gasteiger partial charge in [0.2, 0.25) is 5.91 Å². The summed E-state index contributed by atoms with van der Waals surface area (Å²) >= 11 is 6.72. The second kappa shape index (κ2) is 9.15. The van der Waals surface area contributed by atoms with Crippen molar-refractivity contribution in [3.05, 3.63) is 41.6 Å². The lowest BCUT2D eigenvalue weighted by Gasteiger charge is -2.41. The van der Waals surface area contributed by atoms with Crippen LogP contribution >= 0.6 is 11.6 Å². The van der Waals surface area contributed by atoms with Crippen LogP contribution in [0.2, 0.25) is 5.02 Å². The van der Waals surface area contributed by atoms with Gasteiger partial charge < -0.3 is 19.6 Å². The van der Waals surface area contributed by atoms with E-state index in [4.69, 9.17) is 21.3 Å². The maximum Gasteiger partial charge on any atom is 0.230 e. The van der Waals surface area contributed by atoms with E-state index < -0.39 is 0 Å². The third kappa shape index (κ3) is 4.31. The summed E-state index contributed by atoms with van der Waals surface area (Å²) in [6.07, 6.45) is 7.86. The first kappa shape index (κ1) is 22.5. The summed E-state index contributed by atoms with van der Waals surface area (Å²) in [7, 11) is 1.65. The molecule has 2 saturated heterocycles. The highest BCUT2D eigenvalue weighted by Crippen LogP contribution is 2.44. The molecule has 5 rings (SSSR count).